The number of benzene rings is 3. The average molecular weight is 437 g/mol. The third-order valence-corrected chi connectivity index (χ3v) is 5.59. The number of anilines is 1. The fourth-order valence-corrected chi connectivity index (χ4v) is 3.92. The molecular formula is C23H17F2N3O2S. The quantitative estimate of drug-likeness (QED) is 0.363. The molecule has 0 atom stereocenters. The number of para-hydroxylation sites is 2. The molecule has 0 bridgehead atoms. The maximum atomic E-state index is 14.5. The van der Waals surface area contributed by atoms with E-state index in [1.165, 1.54) is 6.07 Å². The number of fused-ring (bicyclic) bond motifs is 1. The zero-order chi connectivity index (χ0) is 22.0. The molecule has 0 saturated heterocycles. The molecule has 0 radical (unpaired) electrons. The molecule has 8 heteroatoms. The van der Waals surface area contributed by atoms with Gasteiger partial charge in [0.2, 0.25) is 5.91 Å². The lowest BCUT2D eigenvalue weighted by Crippen LogP contribution is -2.24. The van der Waals surface area contributed by atoms with Crippen molar-refractivity contribution in [3.05, 3.63) is 94.3 Å². The van der Waals surface area contributed by atoms with E-state index < -0.39 is 17.2 Å². The van der Waals surface area contributed by atoms with Crippen molar-refractivity contribution in [1.29, 1.82) is 0 Å². The Hall–Kier alpha value is -3.52. The summed E-state index contributed by atoms with van der Waals surface area (Å²) in [6.45, 7) is 1.88. The molecule has 0 saturated carbocycles. The Kier molecular flexibility index (Phi) is 5.81. The van der Waals surface area contributed by atoms with Crippen LogP contribution in [0.5, 0.6) is 0 Å². The Morgan fingerprint density at radius 2 is 1.81 bits per heavy atom. The number of carbonyl (C=O) groups excluding carboxylic acids is 1. The van der Waals surface area contributed by atoms with E-state index in [1.807, 2.05) is 25.1 Å². The van der Waals surface area contributed by atoms with Crippen LogP contribution in [0.4, 0.5) is 14.5 Å². The third kappa shape index (κ3) is 4.34. The van der Waals surface area contributed by atoms with Crippen LogP contribution in [0.25, 0.3) is 16.6 Å². The monoisotopic (exact) mass is 437 g/mol. The summed E-state index contributed by atoms with van der Waals surface area (Å²) in [5.41, 5.74) is 1.38. The summed E-state index contributed by atoms with van der Waals surface area (Å²) < 4.78 is 29.0. The van der Waals surface area contributed by atoms with E-state index in [2.05, 4.69) is 10.3 Å². The molecule has 4 aromatic rings. The van der Waals surface area contributed by atoms with E-state index in [0.29, 0.717) is 22.7 Å². The molecule has 4 rings (SSSR count). The van der Waals surface area contributed by atoms with Crippen LogP contribution in [0.1, 0.15) is 5.56 Å². The first-order valence-corrected chi connectivity index (χ1v) is 10.4. The number of nitrogens with one attached hydrogen (secondary N) is 1. The fraction of sp³-hybridized carbons (Fsp3) is 0.0870. The van der Waals surface area contributed by atoms with Gasteiger partial charge in [-0.1, -0.05) is 42.1 Å². The lowest BCUT2D eigenvalue weighted by atomic mass is 10.2. The molecule has 31 heavy (non-hydrogen) atoms. The molecule has 1 aromatic heterocycles. The van der Waals surface area contributed by atoms with Crippen LogP contribution in [0.3, 0.4) is 0 Å². The zero-order valence-electron chi connectivity index (χ0n) is 16.4. The molecule has 0 aliphatic rings. The minimum atomic E-state index is -0.898. The Bertz CT molecular complexity index is 1350. The molecule has 0 spiro atoms. The van der Waals surface area contributed by atoms with Gasteiger partial charge in [0.1, 0.15) is 11.6 Å². The number of thioether (sulfide) groups is 1. The zero-order valence-corrected chi connectivity index (χ0v) is 17.2. The number of halogens is 2. The smallest absolute Gasteiger partial charge is 0.266 e. The normalized spacial score (nSPS) is 10.9. The summed E-state index contributed by atoms with van der Waals surface area (Å²) in [6.07, 6.45) is 0. The van der Waals surface area contributed by atoms with E-state index >= 15 is 0 Å². The largest absolute Gasteiger partial charge is 0.325 e. The molecule has 5 nitrogen and oxygen atoms in total. The summed E-state index contributed by atoms with van der Waals surface area (Å²) in [7, 11) is 0. The van der Waals surface area contributed by atoms with Crippen LogP contribution < -0.4 is 10.9 Å². The number of carbonyl (C=O) groups is 1. The first kappa shape index (κ1) is 20.7. The highest BCUT2D eigenvalue weighted by Gasteiger charge is 2.18. The number of hydrogen-bond donors (Lipinski definition) is 1. The van der Waals surface area contributed by atoms with Gasteiger partial charge in [-0.05, 0) is 42.8 Å². The second-order valence-corrected chi connectivity index (χ2v) is 7.74. The summed E-state index contributed by atoms with van der Waals surface area (Å²) in [5.74, 6) is -2.00. The third-order valence-electron chi connectivity index (χ3n) is 4.65. The van der Waals surface area contributed by atoms with E-state index in [0.717, 1.165) is 28.0 Å². The van der Waals surface area contributed by atoms with Gasteiger partial charge in [-0.25, -0.2) is 13.8 Å². The average Bonchev–Trinajstić information content (AvgIpc) is 2.75. The fourth-order valence-electron chi connectivity index (χ4n) is 3.11. The highest BCUT2D eigenvalue weighted by Crippen LogP contribution is 2.24. The van der Waals surface area contributed by atoms with Gasteiger partial charge in [0.15, 0.2) is 5.16 Å². The molecular weight excluding hydrogens is 420 g/mol. The van der Waals surface area contributed by atoms with E-state index in [-0.39, 0.29) is 22.5 Å². The van der Waals surface area contributed by atoms with Crippen LogP contribution in [-0.4, -0.2) is 21.2 Å². The molecule has 0 aliphatic heterocycles. The highest BCUT2D eigenvalue weighted by atomic mass is 32.2. The summed E-state index contributed by atoms with van der Waals surface area (Å²) in [6, 6.07) is 17.0. The molecule has 0 fully saturated rings. The van der Waals surface area contributed by atoms with E-state index in [4.69, 9.17) is 0 Å². The summed E-state index contributed by atoms with van der Waals surface area (Å²) in [5, 5.41) is 3.24. The lowest BCUT2D eigenvalue weighted by Gasteiger charge is -2.14. The molecule has 1 amide bonds. The predicted octanol–water partition coefficient (Wildman–Crippen LogP) is 4.70. The van der Waals surface area contributed by atoms with Crippen molar-refractivity contribution in [2.75, 3.05) is 11.1 Å². The first-order chi connectivity index (χ1) is 14.9. The number of amides is 1. The first-order valence-electron chi connectivity index (χ1n) is 9.39. The number of nitrogens with zero attached hydrogens (tertiary/aromatic N) is 2. The number of hydrogen-bond acceptors (Lipinski definition) is 4. The van der Waals surface area contributed by atoms with Crippen LogP contribution >= 0.6 is 11.8 Å². The maximum absolute atomic E-state index is 14.5. The number of aryl methyl sites for hydroxylation is 1. The van der Waals surface area contributed by atoms with Gasteiger partial charge in [0, 0.05) is 11.8 Å². The standard InChI is InChI=1S/C23H17F2N3O2S/c1-14-6-2-4-8-18(14)26-21(29)13-31-23-27-19-9-5-3-7-16(19)22(30)28(23)20-11-10-15(24)12-17(20)25/h2-12H,13H2,1H3,(H,26,29). The summed E-state index contributed by atoms with van der Waals surface area (Å²) >= 11 is 0.996. The lowest BCUT2D eigenvalue weighted by molar-refractivity contribution is -0.113. The predicted molar refractivity (Wildman–Crippen MR) is 118 cm³/mol. The number of rotatable bonds is 5. The molecule has 156 valence electrons. The Morgan fingerprint density at radius 3 is 2.58 bits per heavy atom. The molecule has 0 unspecified atom stereocenters. The van der Waals surface area contributed by atoms with Gasteiger partial charge in [0.05, 0.1) is 22.3 Å². The van der Waals surface area contributed by atoms with Crippen LogP contribution in [0.2, 0.25) is 0 Å². The van der Waals surface area contributed by atoms with Gasteiger partial charge in [-0.2, -0.15) is 0 Å². The SMILES string of the molecule is Cc1ccccc1NC(=O)CSc1nc2ccccc2c(=O)n1-c1ccc(F)cc1F. The van der Waals surface area contributed by atoms with Crippen molar-refractivity contribution in [1.82, 2.24) is 9.55 Å². The van der Waals surface area contributed by atoms with Crippen molar-refractivity contribution in [2.24, 2.45) is 0 Å². The second kappa shape index (κ2) is 8.69. The van der Waals surface area contributed by atoms with Gasteiger partial charge < -0.3 is 5.32 Å². The molecule has 1 heterocycles. The second-order valence-electron chi connectivity index (χ2n) is 6.80. The molecule has 0 aliphatic carbocycles. The maximum Gasteiger partial charge on any atom is 0.266 e. The Balaban J connectivity index is 1.72. The molecule has 1 N–H and O–H groups in total. The minimum Gasteiger partial charge on any atom is -0.325 e. The minimum absolute atomic E-state index is 0.0536. The van der Waals surface area contributed by atoms with Crippen LogP contribution in [0.15, 0.2) is 76.7 Å². The van der Waals surface area contributed by atoms with Crippen molar-refractivity contribution >= 4 is 34.3 Å². The van der Waals surface area contributed by atoms with Crippen LogP contribution in [-0.2, 0) is 4.79 Å². The number of aromatic nitrogens is 2. The van der Waals surface area contributed by atoms with Gasteiger partial charge >= 0.3 is 0 Å². The topological polar surface area (TPSA) is 64.0 Å². The van der Waals surface area contributed by atoms with E-state index in [9.17, 15) is 18.4 Å². The van der Waals surface area contributed by atoms with Crippen molar-refractivity contribution < 1.29 is 13.6 Å². The van der Waals surface area contributed by atoms with Crippen LogP contribution in [0, 0.1) is 18.6 Å². The van der Waals surface area contributed by atoms with Gasteiger partial charge in [-0.3, -0.25) is 14.2 Å². The van der Waals surface area contributed by atoms with Crippen molar-refractivity contribution in [3.8, 4) is 5.69 Å². The van der Waals surface area contributed by atoms with Crippen molar-refractivity contribution in [3.63, 3.8) is 0 Å². The highest BCUT2D eigenvalue weighted by molar-refractivity contribution is 7.99. The Morgan fingerprint density at radius 1 is 1.06 bits per heavy atom. The van der Waals surface area contributed by atoms with E-state index in [1.54, 1.807) is 30.3 Å². The van der Waals surface area contributed by atoms with Crippen molar-refractivity contribution in [2.45, 2.75) is 12.1 Å². The summed E-state index contributed by atoms with van der Waals surface area (Å²) in [4.78, 5) is 30.0. The Labute approximate surface area is 180 Å². The van der Waals surface area contributed by atoms with Gasteiger partial charge in [-0.15, -0.1) is 0 Å². The van der Waals surface area contributed by atoms with Gasteiger partial charge in [0.25, 0.3) is 5.56 Å². The molecule has 3 aromatic carbocycles.